The fourth-order valence-corrected chi connectivity index (χ4v) is 2.73. The zero-order valence-electron chi connectivity index (χ0n) is 12.4. The Hall–Kier alpha value is -1.90. The van der Waals surface area contributed by atoms with Crippen molar-refractivity contribution in [1.82, 2.24) is 0 Å². The Morgan fingerprint density at radius 1 is 0.913 bits per heavy atom. The Balaban J connectivity index is 2.28. The first kappa shape index (κ1) is 17.5. The van der Waals surface area contributed by atoms with E-state index in [1.807, 2.05) is 24.3 Å². The molecule has 0 N–H and O–H groups in total. The molecule has 0 fully saturated rings. The van der Waals surface area contributed by atoms with E-state index < -0.39 is 5.92 Å². The largest absolute Gasteiger partial charge is 0.303 e. The molecule has 0 aliphatic heterocycles. The van der Waals surface area contributed by atoms with Crippen LogP contribution in [0.4, 0.5) is 0 Å². The Morgan fingerprint density at radius 2 is 1.39 bits per heavy atom. The van der Waals surface area contributed by atoms with Gasteiger partial charge in [-0.3, -0.25) is 0 Å². The van der Waals surface area contributed by atoms with E-state index in [0.717, 1.165) is 16.7 Å². The van der Waals surface area contributed by atoms with E-state index in [4.69, 9.17) is 23.2 Å². The predicted octanol–water partition coefficient (Wildman–Crippen LogP) is 5.19. The number of allylic oxidation sites excluding steroid dienone is 1. The Labute approximate surface area is 145 Å². The van der Waals surface area contributed by atoms with Crippen molar-refractivity contribution >= 4 is 41.3 Å². The minimum absolute atomic E-state index is 0.273. The van der Waals surface area contributed by atoms with Crippen molar-refractivity contribution in [3.8, 4) is 0 Å². The number of benzene rings is 2. The summed E-state index contributed by atoms with van der Waals surface area (Å²) >= 11 is 11.8. The number of halogens is 2. The second-order valence-electron chi connectivity index (χ2n) is 5.32. The van der Waals surface area contributed by atoms with Gasteiger partial charge in [0.1, 0.15) is 12.6 Å². The molecule has 0 saturated carbocycles. The molecule has 2 aromatic carbocycles. The molecule has 4 heteroatoms. The van der Waals surface area contributed by atoms with Crippen molar-refractivity contribution in [3.63, 3.8) is 0 Å². The molecule has 0 spiro atoms. The lowest BCUT2D eigenvalue weighted by atomic mass is 9.82. The Kier molecular flexibility index (Phi) is 6.14. The van der Waals surface area contributed by atoms with Gasteiger partial charge in [-0.1, -0.05) is 54.0 Å². The number of carbonyl (C=O) groups is 2. The van der Waals surface area contributed by atoms with E-state index in [-0.39, 0.29) is 5.92 Å². The van der Waals surface area contributed by atoms with Crippen LogP contribution in [-0.2, 0) is 9.59 Å². The van der Waals surface area contributed by atoms with E-state index >= 15 is 0 Å². The van der Waals surface area contributed by atoms with Crippen LogP contribution >= 0.6 is 23.2 Å². The number of aldehydes is 2. The number of rotatable bonds is 7. The number of hydrogen-bond acceptors (Lipinski definition) is 2. The molecule has 2 nitrogen and oxygen atoms in total. The van der Waals surface area contributed by atoms with Crippen molar-refractivity contribution in [2.45, 2.75) is 12.3 Å². The quantitative estimate of drug-likeness (QED) is 0.510. The third kappa shape index (κ3) is 4.54. The molecular weight excluding hydrogens is 331 g/mol. The van der Waals surface area contributed by atoms with Crippen LogP contribution in [0.5, 0.6) is 0 Å². The molecule has 0 amide bonds. The average Bonchev–Trinajstić information content (AvgIpc) is 2.56. The maximum atomic E-state index is 11.3. The van der Waals surface area contributed by atoms with Crippen LogP contribution in [0.15, 0.2) is 55.1 Å². The molecule has 118 valence electrons. The maximum absolute atomic E-state index is 11.3. The van der Waals surface area contributed by atoms with E-state index in [9.17, 15) is 9.59 Å². The minimum atomic E-state index is -0.722. The lowest BCUT2D eigenvalue weighted by Gasteiger charge is -2.21. The van der Waals surface area contributed by atoms with E-state index in [2.05, 4.69) is 6.58 Å². The van der Waals surface area contributed by atoms with Gasteiger partial charge in [-0.25, -0.2) is 0 Å². The van der Waals surface area contributed by atoms with Gasteiger partial charge in [0.2, 0.25) is 0 Å². The minimum Gasteiger partial charge on any atom is -0.303 e. The van der Waals surface area contributed by atoms with E-state index in [1.54, 1.807) is 24.3 Å². The van der Waals surface area contributed by atoms with E-state index in [0.29, 0.717) is 29.0 Å². The van der Waals surface area contributed by atoms with Gasteiger partial charge in [0.05, 0.1) is 5.92 Å². The summed E-state index contributed by atoms with van der Waals surface area (Å²) < 4.78 is 0. The van der Waals surface area contributed by atoms with Gasteiger partial charge in [-0.05, 0) is 47.4 Å². The highest BCUT2D eigenvalue weighted by Gasteiger charge is 2.23. The third-order valence-corrected chi connectivity index (χ3v) is 4.30. The predicted molar refractivity (Wildman–Crippen MR) is 94.9 cm³/mol. The summed E-state index contributed by atoms with van der Waals surface area (Å²) in [6, 6.07) is 14.5. The molecule has 0 aromatic heterocycles. The summed E-state index contributed by atoms with van der Waals surface area (Å²) in [6.45, 7) is 4.09. The summed E-state index contributed by atoms with van der Waals surface area (Å²) in [6.07, 6.45) is 1.86. The molecule has 0 bridgehead atoms. The van der Waals surface area contributed by atoms with Gasteiger partial charge < -0.3 is 9.59 Å². The molecule has 23 heavy (non-hydrogen) atoms. The van der Waals surface area contributed by atoms with Gasteiger partial charge in [-0.15, -0.1) is 0 Å². The van der Waals surface area contributed by atoms with Gasteiger partial charge in [0.15, 0.2) is 0 Å². The van der Waals surface area contributed by atoms with Crippen LogP contribution in [0, 0.1) is 5.92 Å². The first-order valence-electron chi connectivity index (χ1n) is 7.15. The van der Waals surface area contributed by atoms with Crippen LogP contribution < -0.4 is 0 Å². The molecule has 0 aliphatic rings. The lowest BCUT2D eigenvalue weighted by molar-refractivity contribution is -0.120. The first-order chi connectivity index (χ1) is 11.0. The van der Waals surface area contributed by atoms with Crippen LogP contribution in [0.1, 0.15) is 23.5 Å². The summed E-state index contributed by atoms with van der Waals surface area (Å²) in [4.78, 5) is 22.6. The third-order valence-electron chi connectivity index (χ3n) is 3.80. The fraction of sp³-hybridized carbons (Fsp3) is 0.158. The van der Waals surface area contributed by atoms with E-state index in [1.165, 1.54) is 0 Å². The zero-order valence-corrected chi connectivity index (χ0v) is 13.9. The van der Waals surface area contributed by atoms with Crippen LogP contribution in [0.2, 0.25) is 10.0 Å². The maximum Gasteiger partial charge on any atom is 0.130 e. The molecule has 2 aromatic rings. The fourth-order valence-electron chi connectivity index (χ4n) is 2.48. The Morgan fingerprint density at radius 3 is 1.87 bits per heavy atom. The highest BCUT2D eigenvalue weighted by molar-refractivity contribution is 6.30. The zero-order chi connectivity index (χ0) is 16.8. The standard InChI is InChI=1S/C19H16Cl2O2/c1-13(14-2-6-17(20)7-3-14)10-19(16(11-22)12-23)15-4-8-18(21)9-5-15/h2-9,11-12,16,19H,1,10H2. The summed E-state index contributed by atoms with van der Waals surface area (Å²) in [5.41, 5.74) is 2.66. The highest BCUT2D eigenvalue weighted by atomic mass is 35.5. The topological polar surface area (TPSA) is 34.1 Å². The highest BCUT2D eigenvalue weighted by Crippen LogP contribution is 2.33. The van der Waals surface area contributed by atoms with Gasteiger partial charge in [0, 0.05) is 16.0 Å². The molecule has 0 saturated heterocycles. The van der Waals surface area contributed by atoms with Crippen LogP contribution in [0.25, 0.3) is 5.57 Å². The molecule has 2 rings (SSSR count). The van der Waals surface area contributed by atoms with Crippen LogP contribution in [0.3, 0.4) is 0 Å². The first-order valence-corrected chi connectivity index (χ1v) is 7.90. The second-order valence-corrected chi connectivity index (χ2v) is 6.20. The molecule has 0 aliphatic carbocycles. The smallest absolute Gasteiger partial charge is 0.130 e. The normalized spacial score (nSPS) is 12.0. The lowest BCUT2D eigenvalue weighted by Crippen LogP contribution is -2.16. The second kappa shape index (κ2) is 8.09. The summed E-state index contributed by atoms with van der Waals surface area (Å²) in [7, 11) is 0. The molecular formula is C19H16Cl2O2. The van der Waals surface area contributed by atoms with Crippen molar-refractivity contribution in [1.29, 1.82) is 0 Å². The molecule has 0 radical (unpaired) electrons. The average molecular weight is 347 g/mol. The number of hydrogen-bond donors (Lipinski definition) is 0. The number of carbonyl (C=O) groups excluding carboxylic acids is 2. The molecule has 1 unspecified atom stereocenters. The monoisotopic (exact) mass is 346 g/mol. The van der Waals surface area contributed by atoms with Gasteiger partial charge in [0.25, 0.3) is 0 Å². The summed E-state index contributed by atoms with van der Waals surface area (Å²) in [5.74, 6) is -0.995. The van der Waals surface area contributed by atoms with Crippen molar-refractivity contribution in [2.24, 2.45) is 5.92 Å². The van der Waals surface area contributed by atoms with Gasteiger partial charge in [-0.2, -0.15) is 0 Å². The molecule has 1 atom stereocenters. The van der Waals surface area contributed by atoms with Crippen LogP contribution in [-0.4, -0.2) is 12.6 Å². The summed E-state index contributed by atoms with van der Waals surface area (Å²) in [5, 5.41) is 1.26. The van der Waals surface area contributed by atoms with Crippen molar-refractivity contribution in [2.75, 3.05) is 0 Å². The van der Waals surface area contributed by atoms with Crippen molar-refractivity contribution in [3.05, 3.63) is 76.3 Å². The Bertz CT molecular complexity index is 682. The molecule has 0 heterocycles. The van der Waals surface area contributed by atoms with Crippen molar-refractivity contribution < 1.29 is 9.59 Å². The van der Waals surface area contributed by atoms with Gasteiger partial charge >= 0.3 is 0 Å². The SMILES string of the molecule is C=C(CC(c1ccc(Cl)cc1)C(C=O)C=O)c1ccc(Cl)cc1.